The van der Waals surface area contributed by atoms with E-state index in [-0.39, 0.29) is 30.1 Å². The third-order valence-electron chi connectivity index (χ3n) is 3.66. The average Bonchev–Trinajstić information content (AvgIpc) is 2.38. The fourth-order valence-electron chi connectivity index (χ4n) is 2.72. The maximum absolute atomic E-state index is 12.4. The Hall–Kier alpha value is -0.940. The number of para-hydroxylation sites is 1. The Labute approximate surface area is 122 Å². The zero-order valence-electron chi connectivity index (χ0n) is 11.0. The van der Waals surface area contributed by atoms with Gasteiger partial charge < -0.3 is 10.5 Å². The Balaban J connectivity index is 0.00000200. The Morgan fingerprint density at radius 2 is 1.70 bits per heavy atom. The van der Waals surface area contributed by atoms with Crippen LogP contribution in [0.2, 0.25) is 0 Å². The van der Waals surface area contributed by atoms with Crippen molar-refractivity contribution < 1.29 is 17.9 Å². The highest BCUT2D eigenvalue weighted by Gasteiger charge is 2.33. The minimum absolute atomic E-state index is 0. The second-order valence-corrected chi connectivity index (χ2v) is 5.01. The molecule has 114 valence electrons. The molecule has 1 aliphatic rings. The summed E-state index contributed by atoms with van der Waals surface area (Å²) in [6, 6.07) is 5.78. The maximum Gasteiger partial charge on any atom is 0.573 e. The van der Waals surface area contributed by atoms with E-state index in [0.717, 1.165) is 25.7 Å². The molecule has 1 fully saturated rings. The van der Waals surface area contributed by atoms with E-state index in [9.17, 15) is 13.2 Å². The van der Waals surface area contributed by atoms with Gasteiger partial charge in [0.2, 0.25) is 0 Å². The van der Waals surface area contributed by atoms with E-state index in [2.05, 4.69) is 4.74 Å². The normalized spacial score (nSPS) is 18.2. The molecule has 0 aromatic heterocycles. The molecular formula is C14H19ClF3NO. The minimum atomic E-state index is -4.68. The Morgan fingerprint density at radius 3 is 2.30 bits per heavy atom. The molecule has 1 saturated carbocycles. The van der Waals surface area contributed by atoms with Crippen LogP contribution in [0.3, 0.4) is 0 Å². The second kappa shape index (κ2) is 7.18. The van der Waals surface area contributed by atoms with Crippen LogP contribution in [-0.4, -0.2) is 6.36 Å². The van der Waals surface area contributed by atoms with Gasteiger partial charge >= 0.3 is 6.36 Å². The van der Waals surface area contributed by atoms with Crippen LogP contribution in [0.1, 0.15) is 43.7 Å². The molecular weight excluding hydrogens is 291 g/mol. The summed E-state index contributed by atoms with van der Waals surface area (Å²) in [4.78, 5) is 0. The molecule has 1 aliphatic carbocycles. The quantitative estimate of drug-likeness (QED) is 0.886. The van der Waals surface area contributed by atoms with Crippen molar-refractivity contribution in [2.24, 2.45) is 11.7 Å². The van der Waals surface area contributed by atoms with Crippen LogP contribution in [0.5, 0.6) is 5.75 Å². The molecule has 2 rings (SSSR count). The van der Waals surface area contributed by atoms with E-state index in [1.165, 1.54) is 18.6 Å². The van der Waals surface area contributed by atoms with Crippen molar-refractivity contribution in [1.82, 2.24) is 0 Å². The zero-order chi connectivity index (χ0) is 13.9. The molecule has 20 heavy (non-hydrogen) atoms. The molecule has 0 bridgehead atoms. The third kappa shape index (κ3) is 4.56. The van der Waals surface area contributed by atoms with E-state index in [4.69, 9.17) is 5.73 Å². The molecule has 0 unspecified atom stereocenters. The summed E-state index contributed by atoms with van der Waals surface area (Å²) in [7, 11) is 0. The number of hydrogen-bond acceptors (Lipinski definition) is 2. The van der Waals surface area contributed by atoms with Crippen molar-refractivity contribution >= 4 is 12.4 Å². The highest BCUT2D eigenvalue weighted by Crippen LogP contribution is 2.37. The summed E-state index contributed by atoms with van der Waals surface area (Å²) >= 11 is 0. The van der Waals surface area contributed by atoms with E-state index >= 15 is 0 Å². The summed E-state index contributed by atoms with van der Waals surface area (Å²) in [5.74, 6) is 0.0693. The number of halogens is 4. The van der Waals surface area contributed by atoms with E-state index in [1.807, 2.05) is 0 Å². The summed E-state index contributed by atoms with van der Waals surface area (Å²) in [5, 5.41) is 0. The second-order valence-electron chi connectivity index (χ2n) is 5.01. The third-order valence-corrected chi connectivity index (χ3v) is 3.66. The lowest BCUT2D eigenvalue weighted by molar-refractivity contribution is -0.275. The van der Waals surface area contributed by atoms with Crippen LogP contribution >= 0.6 is 12.4 Å². The molecule has 0 saturated heterocycles. The number of alkyl halides is 3. The smallest absolute Gasteiger partial charge is 0.405 e. The van der Waals surface area contributed by atoms with Gasteiger partial charge in [-0.3, -0.25) is 0 Å². The molecule has 1 aromatic rings. The number of rotatable bonds is 3. The monoisotopic (exact) mass is 309 g/mol. The number of nitrogens with two attached hydrogens (primary N) is 1. The summed E-state index contributed by atoms with van der Waals surface area (Å²) in [6.45, 7) is 0. The number of ether oxygens (including phenoxy) is 1. The Morgan fingerprint density at radius 1 is 1.10 bits per heavy atom. The van der Waals surface area contributed by atoms with Crippen LogP contribution in [0.25, 0.3) is 0 Å². The molecule has 0 spiro atoms. The predicted molar refractivity (Wildman–Crippen MR) is 73.9 cm³/mol. The Kier molecular flexibility index (Phi) is 6.14. The van der Waals surface area contributed by atoms with Crippen molar-refractivity contribution in [2.75, 3.05) is 0 Å². The first-order chi connectivity index (χ1) is 8.97. The zero-order valence-corrected chi connectivity index (χ0v) is 11.8. The molecule has 1 aromatic carbocycles. The van der Waals surface area contributed by atoms with Gasteiger partial charge in [-0.15, -0.1) is 25.6 Å². The van der Waals surface area contributed by atoms with Crippen LogP contribution in [0.15, 0.2) is 24.3 Å². The first-order valence-corrected chi connectivity index (χ1v) is 6.57. The van der Waals surface area contributed by atoms with Gasteiger partial charge in [-0.1, -0.05) is 37.5 Å². The van der Waals surface area contributed by atoms with Gasteiger partial charge in [-0.05, 0) is 24.8 Å². The van der Waals surface area contributed by atoms with Gasteiger partial charge in [0.15, 0.2) is 0 Å². The van der Waals surface area contributed by atoms with Gasteiger partial charge in [0.1, 0.15) is 5.75 Å². The summed E-state index contributed by atoms with van der Waals surface area (Å²) in [5.41, 5.74) is 6.59. The van der Waals surface area contributed by atoms with Crippen molar-refractivity contribution in [2.45, 2.75) is 44.5 Å². The predicted octanol–water partition coefficient (Wildman–Crippen LogP) is 4.59. The van der Waals surface area contributed by atoms with E-state index in [0.29, 0.717) is 5.56 Å². The highest BCUT2D eigenvalue weighted by atomic mass is 35.5. The molecule has 0 radical (unpaired) electrons. The SMILES string of the molecule is Cl.N[C@H](c1ccccc1OC(F)(F)F)C1CCCCC1. The minimum Gasteiger partial charge on any atom is -0.405 e. The van der Waals surface area contributed by atoms with Gasteiger partial charge in [-0.2, -0.15) is 0 Å². The molecule has 0 heterocycles. The molecule has 6 heteroatoms. The number of hydrogen-bond donors (Lipinski definition) is 1. The first kappa shape index (κ1) is 17.1. The van der Waals surface area contributed by atoms with E-state index in [1.54, 1.807) is 12.1 Å². The van der Waals surface area contributed by atoms with Gasteiger partial charge in [-0.25, -0.2) is 0 Å². The van der Waals surface area contributed by atoms with Crippen molar-refractivity contribution in [3.8, 4) is 5.75 Å². The van der Waals surface area contributed by atoms with Crippen LogP contribution in [0.4, 0.5) is 13.2 Å². The van der Waals surface area contributed by atoms with E-state index < -0.39 is 6.36 Å². The van der Waals surface area contributed by atoms with Gasteiger partial charge in [0, 0.05) is 11.6 Å². The van der Waals surface area contributed by atoms with Crippen molar-refractivity contribution in [1.29, 1.82) is 0 Å². The maximum atomic E-state index is 12.4. The van der Waals surface area contributed by atoms with Crippen LogP contribution in [0, 0.1) is 5.92 Å². The fraction of sp³-hybridized carbons (Fsp3) is 0.571. The number of benzene rings is 1. The molecule has 2 nitrogen and oxygen atoms in total. The molecule has 1 atom stereocenters. The van der Waals surface area contributed by atoms with Gasteiger partial charge in [0.25, 0.3) is 0 Å². The summed E-state index contributed by atoms with van der Waals surface area (Å²) < 4.78 is 41.2. The highest BCUT2D eigenvalue weighted by molar-refractivity contribution is 5.85. The summed E-state index contributed by atoms with van der Waals surface area (Å²) in [6.07, 6.45) is 0.649. The largest absolute Gasteiger partial charge is 0.573 e. The lowest BCUT2D eigenvalue weighted by atomic mass is 9.81. The Bertz CT molecular complexity index is 419. The first-order valence-electron chi connectivity index (χ1n) is 6.57. The molecule has 2 N–H and O–H groups in total. The van der Waals surface area contributed by atoms with Crippen molar-refractivity contribution in [3.05, 3.63) is 29.8 Å². The lowest BCUT2D eigenvalue weighted by Crippen LogP contribution is -2.25. The van der Waals surface area contributed by atoms with Crippen molar-refractivity contribution in [3.63, 3.8) is 0 Å². The van der Waals surface area contributed by atoms with Crippen LogP contribution in [-0.2, 0) is 0 Å². The fourth-order valence-corrected chi connectivity index (χ4v) is 2.72. The molecule has 0 amide bonds. The van der Waals surface area contributed by atoms with Gasteiger partial charge in [0.05, 0.1) is 0 Å². The molecule has 0 aliphatic heterocycles. The topological polar surface area (TPSA) is 35.2 Å². The lowest BCUT2D eigenvalue weighted by Gasteiger charge is -2.28. The standard InChI is InChI=1S/C14H18F3NO.ClH/c15-14(16,17)19-12-9-5-4-8-11(12)13(18)10-6-2-1-3-7-10;/h4-5,8-10,13H,1-3,6-7,18H2;1H/t13-;/m0./s1. The average molecular weight is 310 g/mol. The van der Waals surface area contributed by atoms with Crippen LogP contribution < -0.4 is 10.5 Å².